The molecule has 0 amide bonds. The number of hydrogen-bond donors (Lipinski definition) is 2. The average molecular weight is 305 g/mol. The van der Waals surface area contributed by atoms with E-state index in [4.69, 9.17) is 22.1 Å². The maximum atomic E-state index is 6.03. The number of hydrogen-bond acceptors (Lipinski definition) is 3. The summed E-state index contributed by atoms with van der Waals surface area (Å²) in [6, 6.07) is 6.64. The standard InChI is InChI=1S/C14H21ClN2O.ClH/c1-2-18-14-6-3-11(15)7-10(14)9-17-13-5-4-12(16)8-13;/h3,6-7,12-13,17H,2,4-5,8-9,16H2,1H3;1H/t12-,13-;/m0./s1. The van der Waals surface area contributed by atoms with Gasteiger partial charge in [-0.1, -0.05) is 11.6 Å². The molecule has 19 heavy (non-hydrogen) atoms. The van der Waals surface area contributed by atoms with Gasteiger partial charge in [-0.25, -0.2) is 0 Å². The summed E-state index contributed by atoms with van der Waals surface area (Å²) < 4.78 is 5.60. The van der Waals surface area contributed by atoms with Gasteiger partial charge in [0.2, 0.25) is 0 Å². The Morgan fingerprint density at radius 2 is 2.21 bits per heavy atom. The average Bonchev–Trinajstić information content (AvgIpc) is 2.76. The van der Waals surface area contributed by atoms with Crippen molar-refractivity contribution in [2.24, 2.45) is 5.73 Å². The SMILES string of the molecule is CCOc1ccc(Cl)cc1CN[C@H]1CC[C@H](N)C1.Cl. The smallest absolute Gasteiger partial charge is 0.123 e. The molecule has 5 heteroatoms. The van der Waals surface area contributed by atoms with Crippen molar-refractivity contribution in [2.75, 3.05) is 6.61 Å². The highest BCUT2D eigenvalue weighted by Gasteiger charge is 2.21. The van der Waals surface area contributed by atoms with Crippen molar-refractivity contribution in [1.82, 2.24) is 5.32 Å². The fourth-order valence-electron chi connectivity index (χ4n) is 2.44. The van der Waals surface area contributed by atoms with Crippen LogP contribution in [0.2, 0.25) is 5.02 Å². The summed E-state index contributed by atoms with van der Waals surface area (Å²) in [6.07, 6.45) is 3.34. The minimum Gasteiger partial charge on any atom is -0.494 e. The third kappa shape index (κ3) is 4.84. The lowest BCUT2D eigenvalue weighted by molar-refractivity contribution is 0.334. The van der Waals surface area contributed by atoms with Gasteiger partial charge in [-0.15, -0.1) is 12.4 Å². The molecule has 0 heterocycles. The molecule has 0 aromatic heterocycles. The van der Waals surface area contributed by atoms with E-state index in [2.05, 4.69) is 5.32 Å². The van der Waals surface area contributed by atoms with Crippen molar-refractivity contribution in [3.63, 3.8) is 0 Å². The first kappa shape index (κ1) is 16.6. The Labute approximate surface area is 126 Å². The highest BCUT2D eigenvalue weighted by molar-refractivity contribution is 6.30. The number of rotatable bonds is 5. The van der Waals surface area contributed by atoms with Crippen LogP contribution in [0.1, 0.15) is 31.7 Å². The molecular formula is C14H22Cl2N2O. The van der Waals surface area contributed by atoms with E-state index >= 15 is 0 Å². The molecule has 0 spiro atoms. The number of benzene rings is 1. The van der Waals surface area contributed by atoms with Crippen molar-refractivity contribution in [1.29, 1.82) is 0 Å². The van der Waals surface area contributed by atoms with Crippen LogP contribution in [0.4, 0.5) is 0 Å². The zero-order chi connectivity index (χ0) is 13.0. The molecule has 3 N–H and O–H groups in total. The van der Waals surface area contributed by atoms with Crippen LogP contribution in [0.25, 0.3) is 0 Å². The van der Waals surface area contributed by atoms with Crippen LogP contribution in [0.5, 0.6) is 5.75 Å². The summed E-state index contributed by atoms with van der Waals surface area (Å²) in [6.45, 7) is 3.44. The van der Waals surface area contributed by atoms with Crippen LogP contribution in [-0.2, 0) is 6.54 Å². The number of ether oxygens (including phenoxy) is 1. The number of nitrogens with one attached hydrogen (secondary N) is 1. The van der Waals surface area contributed by atoms with Crippen LogP contribution in [0.15, 0.2) is 18.2 Å². The Kier molecular flexibility index (Phi) is 6.94. The maximum absolute atomic E-state index is 6.03. The van der Waals surface area contributed by atoms with Gasteiger partial charge in [0.25, 0.3) is 0 Å². The van der Waals surface area contributed by atoms with E-state index < -0.39 is 0 Å². The monoisotopic (exact) mass is 304 g/mol. The third-order valence-corrected chi connectivity index (χ3v) is 3.61. The maximum Gasteiger partial charge on any atom is 0.123 e. The van der Waals surface area contributed by atoms with Crippen LogP contribution < -0.4 is 15.8 Å². The minimum absolute atomic E-state index is 0. The predicted octanol–water partition coefficient (Wildman–Crippen LogP) is 3.13. The van der Waals surface area contributed by atoms with E-state index in [9.17, 15) is 0 Å². The fourth-order valence-corrected chi connectivity index (χ4v) is 2.63. The van der Waals surface area contributed by atoms with Gasteiger partial charge >= 0.3 is 0 Å². The van der Waals surface area contributed by atoms with E-state index in [0.29, 0.717) is 18.7 Å². The first-order valence-corrected chi connectivity index (χ1v) is 6.97. The van der Waals surface area contributed by atoms with Crippen LogP contribution in [0.3, 0.4) is 0 Å². The number of halogens is 2. The molecule has 1 saturated carbocycles. The molecule has 0 unspecified atom stereocenters. The summed E-state index contributed by atoms with van der Waals surface area (Å²) in [7, 11) is 0. The predicted molar refractivity (Wildman–Crippen MR) is 82.3 cm³/mol. The molecule has 2 rings (SSSR count). The molecule has 0 aliphatic heterocycles. The van der Waals surface area contributed by atoms with Gasteiger partial charge in [-0.2, -0.15) is 0 Å². The Morgan fingerprint density at radius 3 is 2.84 bits per heavy atom. The van der Waals surface area contributed by atoms with Gasteiger partial charge in [-0.3, -0.25) is 0 Å². The van der Waals surface area contributed by atoms with Crippen molar-refractivity contribution in [2.45, 2.75) is 44.8 Å². The minimum atomic E-state index is 0. The second-order valence-electron chi connectivity index (χ2n) is 4.84. The highest BCUT2D eigenvalue weighted by atomic mass is 35.5. The van der Waals surface area contributed by atoms with E-state index in [1.165, 1.54) is 0 Å². The topological polar surface area (TPSA) is 47.3 Å². The zero-order valence-electron chi connectivity index (χ0n) is 11.2. The summed E-state index contributed by atoms with van der Waals surface area (Å²) in [5.74, 6) is 0.914. The molecule has 1 aromatic carbocycles. The Bertz CT molecular complexity index is 401. The van der Waals surface area contributed by atoms with Crippen LogP contribution >= 0.6 is 24.0 Å². The van der Waals surface area contributed by atoms with Crippen molar-refractivity contribution in [3.05, 3.63) is 28.8 Å². The van der Waals surface area contributed by atoms with Crippen LogP contribution in [0, 0.1) is 0 Å². The second-order valence-corrected chi connectivity index (χ2v) is 5.27. The molecule has 3 nitrogen and oxygen atoms in total. The van der Waals surface area contributed by atoms with Gasteiger partial charge in [0.15, 0.2) is 0 Å². The lowest BCUT2D eigenvalue weighted by Crippen LogP contribution is -2.28. The van der Waals surface area contributed by atoms with Crippen molar-refractivity contribution < 1.29 is 4.74 Å². The largest absolute Gasteiger partial charge is 0.494 e. The molecule has 0 bridgehead atoms. The third-order valence-electron chi connectivity index (χ3n) is 3.38. The molecule has 1 aromatic rings. The molecule has 1 aliphatic rings. The molecule has 108 valence electrons. The Hall–Kier alpha value is -0.480. The number of nitrogens with two attached hydrogens (primary N) is 1. The Morgan fingerprint density at radius 1 is 1.42 bits per heavy atom. The lowest BCUT2D eigenvalue weighted by atomic mass is 10.1. The summed E-state index contributed by atoms with van der Waals surface area (Å²) in [4.78, 5) is 0. The van der Waals surface area contributed by atoms with Gasteiger partial charge in [0, 0.05) is 29.2 Å². The molecule has 0 saturated heterocycles. The van der Waals surface area contributed by atoms with Crippen LogP contribution in [-0.4, -0.2) is 18.7 Å². The first-order chi connectivity index (χ1) is 8.69. The molecule has 1 fully saturated rings. The summed E-state index contributed by atoms with van der Waals surface area (Å²) in [5, 5.41) is 4.28. The van der Waals surface area contributed by atoms with E-state index in [0.717, 1.165) is 42.1 Å². The molecular weight excluding hydrogens is 283 g/mol. The van der Waals surface area contributed by atoms with Crippen molar-refractivity contribution in [3.8, 4) is 5.75 Å². The summed E-state index contributed by atoms with van der Waals surface area (Å²) >= 11 is 6.03. The summed E-state index contributed by atoms with van der Waals surface area (Å²) in [5.41, 5.74) is 7.03. The van der Waals surface area contributed by atoms with E-state index in [-0.39, 0.29) is 12.4 Å². The van der Waals surface area contributed by atoms with Gasteiger partial charge in [-0.05, 0) is 44.4 Å². The van der Waals surface area contributed by atoms with E-state index in [1.807, 2.05) is 25.1 Å². The normalized spacial score (nSPS) is 22.1. The second kappa shape index (κ2) is 7.95. The Balaban J connectivity index is 0.00000180. The first-order valence-electron chi connectivity index (χ1n) is 6.59. The molecule has 0 radical (unpaired) electrons. The van der Waals surface area contributed by atoms with Gasteiger partial charge in [0.05, 0.1) is 6.61 Å². The quantitative estimate of drug-likeness (QED) is 0.878. The lowest BCUT2D eigenvalue weighted by Gasteiger charge is -2.15. The molecule has 2 atom stereocenters. The fraction of sp³-hybridized carbons (Fsp3) is 0.571. The zero-order valence-corrected chi connectivity index (χ0v) is 12.8. The van der Waals surface area contributed by atoms with Crippen molar-refractivity contribution >= 4 is 24.0 Å². The van der Waals surface area contributed by atoms with Gasteiger partial charge < -0.3 is 15.8 Å². The highest BCUT2D eigenvalue weighted by Crippen LogP contribution is 2.24. The van der Waals surface area contributed by atoms with E-state index in [1.54, 1.807) is 0 Å². The van der Waals surface area contributed by atoms with Gasteiger partial charge in [0.1, 0.15) is 5.75 Å². The molecule has 1 aliphatic carbocycles.